The van der Waals surface area contributed by atoms with E-state index in [4.69, 9.17) is 5.14 Å². The minimum atomic E-state index is -3.39. The Labute approximate surface area is 124 Å². The number of hydrogen-bond donors (Lipinski definition) is 2. The number of sulfonamides is 1. The number of rotatable bonds is 6. The van der Waals surface area contributed by atoms with Gasteiger partial charge in [-0.05, 0) is 33.7 Å². The van der Waals surface area contributed by atoms with Crippen LogP contribution in [0, 0.1) is 13.8 Å². The molecule has 0 aliphatic rings. The normalized spacial score (nSPS) is 13.7. The van der Waals surface area contributed by atoms with Gasteiger partial charge in [-0.15, -0.1) is 0 Å². The van der Waals surface area contributed by atoms with Crippen LogP contribution in [-0.4, -0.2) is 35.3 Å². The van der Waals surface area contributed by atoms with Gasteiger partial charge >= 0.3 is 0 Å². The van der Waals surface area contributed by atoms with E-state index >= 15 is 0 Å². The molecule has 0 saturated carbocycles. The fourth-order valence-corrected chi connectivity index (χ4v) is 2.85. The second kappa shape index (κ2) is 6.08. The van der Waals surface area contributed by atoms with E-state index in [0.29, 0.717) is 13.0 Å². The second-order valence-electron chi connectivity index (χ2n) is 5.25. The van der Waals surface area contributed by atoms with Crippen LogP contribution in [0.4, 0.5) is 0 Å². The van der Waals surface area contributed by atoms with Crippen molar-refractivity contribution in [2.75, 3.05) is 12.3 Å². The standard InChI is InChI=1S/C13H21N5O2S/c1-9-7-13-16-8-12(11(3)18(13)17-9)10(2)15-5-4-6-21(14,19)20/h7-8,10,15H,4-6H2,1-3H3,(H2,14,19,20). The Hall–Kier alpha value is -1.51. The average Bonchev–Trinajstić information content (AvgIpc) is 2.75. The third kappa shape index (κ3) is 3.99. The van der Waals surface area contributed by atoms with Crippen LogP contribution in [0.3, 0.4) is 0 Å². The van der Waals surface area contributed by atoms with Crippen molar-refractivity contribution in [1.82, 2.24) is 19.9 Å². The number of fused-ring (bicyclic) bond motifs is 1. The van der Waals surface area contributed by atoms with Gasteiger partial charge in [0.2, 0.25) is 10.0 Å². The molecule has 0 fully saturated rings. The summed E-state index contributed by atoms with van der Waals surface area (Å²) in [4.78, 5) is 4.40. The van der Waals surface area contributed by atoms with E-state index in [0.717, 1.165) is 22.6 Å². The summed E-state index contributed by atoms with van der Waals surface area (Å²) in [6, 6.07) is 1.99. The van der Waals surface area contributed by atoms with Gasteiger partial charge in [0.25, 0.3) is 0 Å². The molecule has 1 unspecified atom stereocenters. The van der Waals surface area contributed by atoms with Crippen molar-refractivity contribution < 1.29 is 8.42 Å². The Morgan fingerprint density at radius 2 is 2.14 bits per heavy atom. The first-order valence-corrected chi connectivity index (χ1v) is 8.55. The third-order valence-corrected chi connectivity index (χ3v) is 4.26. The van der Waals surface area contributed by atoms with Gasteiger partial charge in [0.15, 0.2) is 5.65 Å². The molecule has 0 saturated heterocycles. The summed E-state index contributed by atoms with van der Waals surface area (Å²) in [7, 11) is -3.39. The van der Waals surface area contributed by atoms with Gasteiger partial charge in [0.1, 0.15) is 0 Å². The molecule has 2 rings (SSSR count). The molecule has 2 heterocycles. The van der Waals surface area contributed by atoms with Gasteiger partial charge in [-0.25, -0.2) is 23.1 Å². The molecule has 0 radical (unpaired) electrons. The fourth-order valence-electron chi connectivity index (χ4n) is 2.30. The van der Waals surface area contributed by atoms with E-state index in [-0.39, 0.29) is 11.8 Å². The van der Waals surface area contributed by atoms with E-state index in [1.165, 1.54) is 0 Å². The summed E-state index contributed by atoms with van der Waals surface area (Å²) in [6.07, 6.45) is 2.32. The van der Waals surface area contributed by atoms with Crippen molar-refractivity contribution in [3.8, 4) is 0 Å². The van der Waals surface area contributed by atoms with Crippen molar-refractivity contribution in [2.24, 2.45) is 5.14 Å². The summed E-state index contributed by atoms with van der Waals surface area (Å²) in [5, 5.41) is 12.7. The largest absolute Gasteiger partial charge is 0.310 e. The van der Waals surface area contributed by atoms with Gasteiger partial charge < -0.3 is 5.32 Å². The van der Waals surface area contributed by atoms with Crippen LogP contribution in [0.25, 0.3) is 5.65 Å². The third-order valence-electron chi connectivity index (χ3n) is 3.41. The molecule has 21 heavy (non-hydrogen) atoms. The highest BCUT2D eigenvalue weighted by atomic mass is 32.2. The Bertz CT molecular complexity index is 738. The number of aryl methyl sites for hydroxylation is 2. The van der Waals surface area contributed by atoms with Gasteiger partial charge in [0.05, 0.1) is 11.4 Å². The molecule has 7 nitrogen and oxygen atoms in total. The van der Waals surface area contributed by atoms with E-state index in [1.807, 2.05) is 37.5 Å². The van der Waals surface area contributed by atoms with Crippen molar-refractivity contribution in [2.45, 2.75) is 33.2 Å². The Morgan fingerprint density at radius 3 is 2.81 bits per heavy atom. The summed E-state index contributed by atoms with van der Waals surface area (Å²) in [5.41, 5.74) is 3.83. The monoisotopic (exact) mass is 311 g/mol. The minimum absolute atomic E-state index is 0.0126. The van der Waals surface area contributed by atoms with E-state index in [9.17, 15) is 8.42 Å². The highest BCUT2D eigenvalue weighted by molar-refractivity contribution is 7.89. The van der Waals surface area contributed by atoms with Crippen LogP contribution in [0.5, 0.6) is 0 Å². The van der Waals surface area contributed by atoms with Crippen LogP contribution < -0.4 is 10.5 Å². The summed E-state index contributed by atoms with van der Waals surface area (Å²) in [6.45, 7) is 6.53. The quantitative estimate of drug-likeness (QED) is 0.764. The van der Waals surface area contributed by atoms with Gasteiger partial charge in [-0.3, -0.25) is 0 Å². The first-order chi connectivity index (χ1) is 9.78. The highest BCUT2D eigenvalue weighted by Crippen LogP contribution is 2.17. The number of nitrogens with zero attached hydrogens (tertiary/aromatic N) is 3. The maximum absolute atomic E-state index is 10.9. The molecule has 2 aromatic rings. The molecule has 8 heteroatoms. The smallest absolute Gasteiger partial charge is 0.209 e. The lowest BCUT2D eigenvalue weighted by atomic mass is 10.1. The van der Waals surface area contributed by atoms with Crippen LogP contribution in [-0.2, 0) is 10.0 Å². The second-order valence-corrected chi connectivity index (χ2v) is 6.98. The minimum Gasteiger partial charge on any atom is -0.310 e. The molecule has 2 aromatic heterocycles. The van der Waals surface area contributed by atoms with Gasteiger partial charge in [-0.2, -0.15) is 5.10 Å². The van der Waals surface area contributed by atoms with Crippen LogP contribution in [0.15, 0.2) is 12.3 Å². The van der Waals surface area contributed by atoms with Crippen molar-refractivity contribution in [3.63, 3.8) is 0 Å². The molecular formula is C13H21N5O2S. The zero-order valence-electron chi connectivity index (χ0n) is 12.5. The predicted octanol–water partition coefficient (Wildman–Crippen LogP) is 0.675. The summed E-state index contributed by atoms with van der Waals surface area (Å²) >= 11 is 0. The fraction of sp³-hybridized carbons (Fsp3) is 0.538. The Kier molecular flexibility index (Phi) is 4.60. The molecule has 0 aliphatic heterocycles. The number of aromatic nitrogens is 3. The first kappa shape index (κ1) is 15.9. The molecule has 0 spiro atoms. The lowest BCUT2D eigenvalue weighted by Crippen LogP contribution is -2.25. The average molecular weight is 311 g/mol. The Balaban J connectivity index is 2.05. The maximum Gasteiger partial charge on any atom is 0.209 e. The van der Waals surface area contributed by atoms with Crippen molar-refractivity contribution in [1.29, 1.82) is 0 Å². The summed E-state index contributed by atoms with van der Waals surface area (Å²) in [5.74, 6) is -0.0126. The van der Waals surface area contributed by atoms with Gasteiger partial charge in [0, 0.05) is 29.6 Å². The van der Waals surface area contributed by atoms with E-state index < -0.39 is 10.0 Å². The van der Waals surface area contributed by atoms with Gasteiger partial charge in [-0.1, -0.05) is 0 Å². The topological polar surface area (TPSA) is 102 Å². The SMILES string of the molecule is Cc1cc2ncc(C(C)NCCCS(N)(=O)=O)c(C)n2n1. The van der Waals surface area contributed by atoms with Crippen molar-refractivity contribution >= 4 is 15.7 Å². The summed E-state index contributed by atoms with van der Waals surface area (Å²) < 4.78 is 23.6. The molecule has 0 aliphatic carbocycles. The maximum atomic E-state index is 10.9. The molecule has 0 aromatic carbocycles. The molecule has 116 valence electrons. The Morgan fingerprint density at radius 1 is 1.43 bits per heavy atom. The zero-order valence-corrected chi connectivity index (χ0v) is 13.3. The molecule has 3 N–H and O–H groups in total. The molecule has 1 atom stereocenters. The van der Waals surface area contributed by atoms with E-state index in [2.05, 4.69) is 15.4 Å². The number of hydrogen-bond acceptors (Lipinski definition) is 5. The van der Waals surface area contributed by atoms with Crippen LogP contribution >= 0.6 is 0 Å². The number of nitrogens with two attached hydrogens (primary N) is 1. The molecule has 0 amide bonds. The first-order valence-electron chi connectivity index (χ1n) is 6.83. The molecule has 0 bridgehead atoms. The number of primary sulfonamides is 1. The number of nitrogens with one attached hydrogen (secondary N) is 1. The van der Waals surface area contributed by atoms with Crippen LogP contribution in [0.2, 0.25) is 0 Å². The molecular weight excluding hydrogens is 290 g/mol. The highest BCUT2D eigenvalue weighted by Gasteiger charge is 2.13. The van der Waals surface area contributed by atoms with Crippen LogP contribution in [0.1, 0.15) is 36.3 Å². The lowest BCUT2D eigenvalue weighted by Gasteiger charge is -2.16. The predicted molar refractivity (Wildman–Crippen MR) is 81.5 cm³/mol. The van der Waals surface area contributed by atoms with E-state index in [1.54, 1.807) is 0 Å². The zero-order chi connectivity index (χ0) is 15.6. The lowest BCUT2D eigenvalue weighted by molar-refractivity contribution is 0.554. The van der Waals surface area contributed by atoms with Crippen molar-refractivity contribution in [3.05, 3.63) is 29.2 Å².